The quantitative estimate of drug-likeness (QED) is 0.609. The topological polar surface area (TPSA) is 73.6 Å². The molecule has 0 radical (unpaired) electrons. The lowest BCUT2D eigenvalue weighted by Gasteiger charge is -2.10. The third kappa shape index (κ3) is 4.70. The van der Waals surface area contributed by atoms with Gasteiger partial charge in [0.2, 0.25) is 5.91 Å². The highest BCUT2D eigenvalue weighted by molar-refractivity contribution is 5.93. The minimum Gasteiger partial charge on any atom is -0.497 e. The van der Waals surface area contributed by atoms with E-state index < -0.39 is 0 Å². The zero-order valence-electron chi connectivity index (χ0n) is 12.5. The van der Waals surface area contributed by atoms with Crippen LogP contribution in [0.3, 0.4) is 0 Å². The van der Waals surface area contributed by atoms with Gasteiger partial charge in [0.1, 0.15) is 11.5 Å². The van der Waals surface area contributed by atoms with Gasteiger partial charge in [-0.25, -0.2) is 0 Å². The third-order valence-corrected chi connectivity index (χ3v) is 3.09. The van der Waals surface area contributed by atoms with E-state index >= 15 is 0 Å². The van der Waals surface area contributed by atoms with E-state index in [0.29, 0.717) is 36.6 Å². The normalized spacial score (nSPS) is 10.0. The molecule has 5 nitrogen and oxygen atoms in total. The van der Waals surface area contributed by atoms with Crippen LogP contribution in [0.1, 0.15) is 12.8 Å². The number of nitrogens with two attached hydrogens (primary N) is 1. The number of carbonyl (C=O) groups is 1. The Kier molecular flexibility index (Phi) is 5.65. The number of amides is 1. The number of carbonyl (C=O) groups excluding carboxylic acids is 1. The highest BCUT2D eigenvalue weighted by atomic mass is 16.5. The molecule has 0 heterocycles. The first-order valence-corrected chi connectivity index (χ1v) is 7.10. The zero-order chi connectivity index (χ0) is 15.8. The summed E-state index contributed by atoms with van der Waals surface area (Å²) in [5, 5.41) is 2.79. The lowest BCUT2D eigenvalue weighted by Crippen LogP contribution is -2.14. The number of ether oxygens (including phenoxy) is 2. The lowest BCUT2D eigenvalue weighted by atomic mass is 10.2. The molecule has 22 heavy (non-hydrogen) atoms. The monoisotopic (exact) mass is 300 g/mol. The fraction of sp³-hybridized carbons (Fsp3) is 0.235. The summed E-state index contributed by atoms with van der Waals surface area (Å²) >= 11 is 0. The summed E-state index contributed by atoms with van der Waals surface area (Å²) in [5.74, 6) is 1.38. The summed E-state index contributed by atoms with van der Waals surface area (Å²) in [6.07, 6.45) is 1.01. The molecule has 5 heteroatoms. The maximum atomic E-state index is 11.9. The molecule has 0 aromatic heterocycles. The first-order chi connectivity index (χ1) is 10.7. The van der Waals surface area contributed by atoms with Crippen molar-refractivity contribution in [3.8, 4) is 11.5 Å². The van der Waals surface area contributed by atoms with E-state index in [1.165, 1.54) is 0 Å². The van der Waals surface area contributed by atoms with Gasteiger partial charge in [-0.15, -0.1) is 0 Å². The van der Waals surface area contributed by atoms with Crippen LogP contribution in [0.5, 0.6) is 11.5 Å². The minimum absolute atomic E-state index is 0.0893. The van der Waals surface area contributed by atoms with Crippen LogP contribution in [0, 0.1) is 0 Å². The van der Waals surface area contributed by atoms with Crippen molar-refractivity contribution in [2.45, 2.75) is 12.8 Å². The van der Waals surface area contributed by atoms with Gasteiger partial charge in [0.15, 0.2) is 0 Å². The van der Waals surface area contributed by atoms with Crippen molar-refractivity contribution in [2.75, 3.05) is 24.8 Å². The van der Waals surface area contributed by atoms with E-state index in [1.807, 2.05) is 30.3 Å². The molecule has 3 N–H and O–H groups in total. The van der Waals surface area contributed by atoms with Crippen LogP contribution in [0.25, 0.3) is 0 Å². The molecule has 0 spiro atoms. The summed E-state index contributed by atoms with van der Waals surface area (Å²) in [6, 6.07) is 14.7. The number of rotatable bonds is 7. The average Bonchev–Trinajstić information content (AvgIpc) is 2.54. The van der Waals surface area contributed by atoms with E-state index in [4.69, 9.17) is 15.2 Å². The Morgan fingerprint density at radius 3 is 2.59 bits per heavy atom. The molecule has 0 atom stereocenters. The summed E-state index contributed by atoms with van der Waals surface area (Å²) in [5.41, 5.74) is 6.93. The molecule has 0 aliphatic carbocycles. The number of methoxy groups -OCH3 is 1. The van der Waals surface area contributed by atoms with Crippen molar-refractivity contribution in [2.24, 2.45) is 0 Å². The Hall–Kier alpha value is -2.69. The van der Waals surface area contributed by atoms with Gasteiger partial charge in [-0.2, -0.15) is 0 Å². The standard InChI is InChI=1S/C17H20N2O3/c1-21-14-9-10-16(15(18)12-14)19-17(20)8-5-11-22-13-6-3-2-4-7-13/h2-4,6-7,9-10,12H,5,8,11,18H2,1H3,(H,19,20). The number of para-hydroxylation sites is 1. The lowest BCUT2D eigenvalue weighted by molar-refractivity contribution is -0.116. The van der Waals surface area contributed by atoms with Crippen LogP contribution in [-0.2, 0) is 4.79 Å². The van der Waals surface area contributed by atoms with E-state index in [2.05, 4.69) is 5.32 Å². The fourth-order valence-electron chi connectivity index (χ4n) is 1.93. The van der Waals surface area contributed by atoms with Crippen LogP contribution in [0.15, 0.2) is 48.5 Å². The summed E-state index contributed by atoms with van der Waals surface area (Å²) in [4.78, 5) is 11.9. The first kappa shape index (κ1) is 15.7. The van der Waals surface area contributed by atoms with Crippen molar-refractivity contribution in [3.05, 3.63) is 48.5 Å². The van der Waals surface area contributed by atoms with E-state index in [-0.39, 0.29) is 5.91 Å². The smallest absolute Gasteiger partial charge is 0.224 e. The highest BCUT2D eigenvalue weighted by Gasteiger charge is 2.06. The molecule has 2 rings (SSSR count). The van der Waals surface area contributed by atoms with E-state index in [1.54, 1.807) is 25.3 Å². The molecule has 1 amide bonds. The predicted molar refractivity (Wildman–Crippen MR) is 87.2 cm³/mol. The maximum absolute atomic E-state index is 11.9. The second-order valence-corrected chi connectivity index (χ2v) is 4.77. The molecular formula is C17H20N2O3. The molecule has 2 aromatic carbocycles. The van der Waals surface area contributed by atoms with E-state index in [0.717, 1.165) is 5.75 Å². The summed E-state index contributed by atoms with van der Waals surface area (Å²) in [6.45, 7) is 0.496. The van der Waals surface area contributed by atoms with Crippen molar-refractivity contribution in [1.29, 1.82) is 0 Å². The van der Waals surface area contributed by atoms with Crippen LogP contribution >= 0.6 is 0 Å². The van der Waals surface area contributed by atoms with Gasteiger partial charge in [0, 0.05) is 12.5 Å². The molecule has 0 saturated heterocycles. The molecule has 0 bridgehead atoms. The van der Waals surface area contributed by atoms with Gasteiger partial charge in [-0.05, 0) is 30.7 Å². The fourth-order valence-corrected chi connectivity index (χ4v) is 1.93. The molecule has 0 saturated carbocycles. The molecule has 0 unspecified atom stereocenters. The van der Waals surface area contributed by atoms with Gasteiger partial charge >= 0.3 is 0 Å². The van der Waals surface area contributed by atoms with Crippen molar-refractivity contribution in [3.63, 3.8) is 0 Å². The maximum Gasteiger partial charge on any atom is 0.224 e. The molecule has 0 aliphatic rings. The van der Waals surface area contributed by atoms with Crippen molar-refractivity contribution >= 4 is 17.3 Å². The Morgan fingerprint density at radius 2 is 1.91 bits per heavy atom. The van der Waals surface area contributed by atoms with Crippen molar-refractivity contribution in [1.82, 2.24) is 0 Å². The molecular weight excluding hydrogens is 280 g/mol. The average molecular weight is 300 g/mol. The number of nitrogens with one attached hydrogen (secondary N) is 1. The Balaban J connectivity index is 1.74. The van der Waals surface area contributed by atoms with Gasteiger partial charge in [0.05, 0.1) is 25.1 Å². The van der Waals surface area contributed by atoms with E-state index in [9.17, 15) is 4.79 Å². The molecule has 0 fully saturated rings. The Bertz CT molecular complexity index is 615. The largest absolute Gasteiger partial charge is 0.497 e. The second kappa shape index (κ2) is 7.93. The number of nitrogen functional groups attached to an aromatic ring is 1. The van der Waals surface area contributed by atoms with Crippen LogP contribution in [0.2, 0.25) is 0 Å². The number of anilines is 2. The molecule has 2 aromatic rings. The molecule has 116 valence electrons. The van der Waals surface area contributed by atoms with Crippen LogP contribution < -0.4 is 20.5 Å². The van der Waals surface area contributed by atoms with Crippen LogP contribution in [0.4, 0.5) is 11.4 Å². The molecule has 0 aliphatic heterocycles. The minimum atomic E-state index is -0.0893. The highest BCUT2D eigenvalue weighted by Crippen LogP contribution is 2.24. The number of hydrogen-bond acceptors (Lipinski definition) is 4. The van der Waals surface area contributed by atoms with Crippen molar-refractivity contribution < 1.29 is 14.3 Å². The second-order valence-electron chi connectivity index (χ2n) is 4.77. The SMILES string of the molecule is COc1ccc(NC(=O)CCCOc2ccccc2)c(N)c1. The first-order valence-electron chi connectivity index (χ1n) is 7.10. The summed E-state index contributed by atoms with van der Waals surface area (Å²) in [7, 11) is 1.57. The Labute approximate surface area is 130 Å². The number of benzene rings is 2. The zero-order valence-corrected chi connectivity index (χ0v) is 12.5. The van der Waals surface area contributed by atoms with Gasteiger partial charge in [0.25, 0.3) is 0 Å². The number of hydrogen-bond donors (Lipinski definition) is 2. The van der Waals surface area contributed by atoms with Gasteiger partial charge in [-0.3, -0.25) is 4.79 Å². The third-order valence-electron chi connectivity index (χ3n) is 3.09. The van der Waals surface area contributed by atoms with Crippen LogP contribution in [-0.4, -0.2) is 19.6 Å². The summed E-state index contributed by atoms with van der Waals surface area (Å²) < 4.78 is 10.6. The van der Waals surface area contributed by atoms with Gasteiger partial charge < -0.3 is 20.5 Å². The Morgan fingerprint density at radius 1 is 1.14 bits per heavy atom. The van der Waals surface area contributed by atoms with Gasteiger partial charge in [-0.1, -0.05) is 18.2 Å². The predicted octanol–water partition coefficient (Wildman–Crippen LogP) is 3.08.